The molecule has 2 saturated heterocycles. The molecule has 3 fully saturated rings. The summed E-state index contributed by atoms with van der Waals surface area (Å²) in [6.45, 7) is 4.76. The zero-order valence-corrected chi connectivity index (χ0v) is 22.9. The Hall–Kier alpha value is -2.57. The smallest absolute Gasteiger partial charge is 0.275 e. The van der Waals surface area contributed by atoms with Crippen molar-refractivity contribution in [2.45, 2.75) is 50.5 Å². The maximum atomic E-state index is 13.1. The van der Waals surface area contributed by atoms with E-state index in [2.05, 4.69) is 25.4 Å². The van der Waals surface area contributed by atoms with E-state index >= 15 is 0 Å². The molecule has 0 bridgehead atoms. The van der Waals surface area contributed by atoms with Crippen LogP contribution in [-0.2, 0) is 20.8 Å². The Morgan fingerprint density at radius 3 is 2.89 bits per heavy atom. The summed E-state index contributed by atoms with van der Waals surface area (Å²) in [4.78, 5) is 35.4. The van der Waals surface area contributed by atoms with Gasteiger partial charge in [0.05, 0.1) is 36.7 Å². The minimum atomic E-state index is -0.337. The molecular weight excluding hydrogens is 506 g/mol. The number of fused-ring (bicyclic) bond motifs is 1. The molecule has 2 aliphatic heterocycles. The first-order valence-electron chi connectivity index (χ1n) is 13.4. The van der Waals surface area contributed by atoms with Crippen molar-refractivity contribution in [2.24, 2.45) is 0 Å². The zero-order valence-electron chi connectivity index (χ0n) is 22.1. The van der Waals surface area contributed by atoms with Crippen LogP contribution in [0.15, 0.2) is 23.6 Å². The number of carbonyl (C=O) groups excluding carboxylic acids is 2. The molecule has 10 nitrogen and oxygen atoms in total. The number of ether oxygens (including phenoxy) is 3. The van der Waals surface area contributed by atoms with E-state index in [1.807, 2.05) is 18.2 Å². The highest BCUT2D eigenvalue weighted by Crippen LogP contribution is 2.31. The fraction of sp³-hybridized carbons (Fsp3) is 0.593. The number of amides is 2. The average Bonchev–Trinajstić information content (AvgIpc) is 3.70. The van der Waals surface area contributed by atoms with Crippen molar-refractivity contribution in [3.05, 3.63) is 40.4 Å². The number of benzene rings is 1. The van der Waals surface area contributed by atoms with E-state index in [1.165, 1.54) is 17.8 Å². The molecule has 0 spiro atoms. The van der Waals surface area contributed by atoms with Crippen molar-refractivity contribution in [2.75, 3.05) is 63.8 Å². The maximum Gasteiger partial charge on any atom is 0.275 e. The predicted molar refractivity (Wildman–Crippen MR) is 146 cm³/mol. The van der Waals surface area contributed by atoms with Crippen LogP contribution >= 0.6 is 11.3 Å². The SMILES string of the molecule is COCCNC(=O)c1cc(CN2CCO[C@@H]3CCC[C@@H]32)ccc1NC(=O)c1csc(N2CC[C@H](OC)C2)n1. The molecule has 206 valence electrons. The number of carbonyl (C=O) groups is 2. The molecule has 11 heteroatoms. The summed E-state index contributed by atoms with van der Waals surface area (Å²) in [7, 11) is 3.31. The lowest BCUT2D eigenvalue weighted by atomic mass is 10.0. The van der Waals surface area contributed by atoms with Gasteiger partial charge in [0.25, 0.3) is 11.8 Å². The Balaban J connectivity index is 1.31. The number of anilines is 2. The van der Waals surface area contributed by atoms with Gasteiger partial charge >= 0.3 is 0 Å². The zero-order chi connectivity index (χ0) is 26.5. The molecule has 3 atom stereocenters. The summed E-state index contributed by atoms with van der Waals surface area (Å²) < 4.78 is 16.5. The first kappa shape index (κ1) is 27.0. The van der Waals surface area contributed by atoms with Crippen LogP contribution in [0, 0.1) is 0 Å². The summed E-state index contributed by atoms with van der Waals surface area (Å²) in [5.74, 6) is -0.586. The fourth-order valence-electron chi connectivity index (χ4n) is 5.58. The van der Waals surface area contributed by atoms with Crippen molar-refractivity contribution in [1.29, 1.82) is 0 Å². The van der Waals surface area contributed by atoms with E-state index in [0.29, 0.717) is 42.2 Å². The number of methoxy groups -OCH3 is 2. The second-order valence-corrected chi connectivity index (χ2v) is 10.9. The van der Waals surface area contributed by atoms with Crippen molar-refractivity contribution >= 4 is 34.0 Å². The van der Waals surface area contributed by atoms with Gasteiger partial charge in [0.15, 0.2) is 5.13 Å². The van der Waals surface area contributed by atoms with E-state index in [-0.39, 0.29) is 17.9 Å². The number of nitrogens with zero attached hydrogens (tertiary/aromatic N) is 3. The third-order valence-corrected chi connectivity index (χ3v) is 8.53. The fourth-order valence-corrected chi connectivity index (χ4v) is 6.42. The highest BCUT2D eigenvalue weighted by molar-refractivity contribution is 7.14. The monoisotopic (exact) mass is 543 g/mol. The molecule has 38 heavy (non-hydrogen) atoms. The lowest BCUT2D eigenvalue weighted by molar-refractivity contribution is -0.0588. The first-order valence-corrected chi connectivity index (χ1v) is 14.2. The number of rotatable bonds is 10. The summed E-state index contributed by atoms with van der Waals surface area (Å²) in [6.07, 6.45) is 4.88. The molecule has 2 amide bonds. The third kappa shape index (κ3) is 6.18. The van der Waals surface area contributed by atoms with Crippen LogP contribution in [0.1, 0.15) is 52.1 Å². The van der Waals surface area contributed by atoms with E-state index in [0.717, 1.165) is 62.7 Å². The molecule has 1 aromatic heterocycles. The van der Waals surface area contributed by atoms with Crippen LogP contribution in [0.25, 0.3) is 0 Å². The molecule has 2 aromatic rings. The second-order valence-electron chi connectivity index (χ2n) is 10.1. The van der Waals surface area contributed by atoms with Gasteiger partial charge in [-0.05, 0) is 43.4 Å². The van der Waals surface area contributed by atoms with Gasteiger partial charge in [-0.2, -0.15) is 0 Å². The van der Waals surface area contributed by atoms with Gasteiger partial charge < -0.3 is 29.7 Å². The standard InChI is InChI=1S/C27H37N5O5S/c1-35-12-9-28-25(33)20-14-18(15-31-11-13-37-24-5-3-4-23(24)31)6-7-21(20)29-26(34)22-17-38-27(30-22)32-10-8-19(16-32)36-2/h6-7,14,17,19,23-24H,3-5,8-13,15-16H2,1-2H3,(H,28,33)(H,29,34)/t19-,23-,24+/m0/s1. The number of nitrogens with one attached hydrogen (secondary N) is 2. The summed E-state index contributed by atoms with van der Waals surface area (Å²) in [5, 5.41) is 8.38. The molecular formula is C27H37N5O5S. The van der Waals surface area contributed by atoms with Gasteiger partial charge in [-0.1, -0.05) is 6.07 Å². The van der Waals surface area contributed by atoms with E-state index in [9.17, 15) is 9.59 Å². The largest absolute Gasteiger partial charge is 0.383 e. The Kier molecular flexibility index (Phi) is 8.90. The molecule has 2 N–H and O–H groups in total. The van der Waals surface area contributed by atoms with E-state index in [1.54, 1.807) is 19.6 Å². The molecule has 0 radical (unpaired) electrons. The van der Waals surface area contributed by atoms with Gasteiger partial charge in [0.1, 0.15) is 5.69 Å². The van der Waals surface area contributed by atoms with Gasteiger partial charge in [-0.25, -0.2) is 4.98 Å². The highest BCUT2D eigenvalue weighted by atomic mass is 32.1. The van der Waals surface area contributed by atoms with Crippen molar-refractivity contribution in [3.8, 4) is 0 Å². The summed E-state index contributed by atoms with van der Waals surface area (Å²) in [6, 6.07) is 6.12. The quantitative estimate of drug-likeness (QED) is 0.441. The number of hydrogen-bond acceptors (Lipinski definition) is 9. The Morgan fingerprint density at radius 2 is 2.08 bits per heavy atom. The average molecular weight is 544 g/mol. The van der Waals surface area contributed by atoms with Crippen LogP contribution in [0.2, 0.25) is 0 Å². The number of aromatic nitrogens is 1. The Bertz CT molecular complexity index is 1130. The normalized spacial score (nSPS) is 23.4. The lowest BCUT2D eigenvalue weighted by Crippen LogP contribution is -2.47. The number of thiazole rings is 1. The van der Waals surface area contributed by atoms with Crippen LogP contribution in [0.3, 0.4) is 0 Å². The van der Waals surface area contributed by atoms with Crippen LogP contribution in [-0.4, -0.2) is 93.6 Å². The third-order valence-electron chi connectivity index (χ3n) is 7.62. The molecule has 5 rings (SSSR count). The van der Waals surface area contributed by atoms with Crippen molar-refractivity contribution in [3.63, 3.8) is 0 Å². The Labute approximate surface area is 227 Å². The van der Waals surface area contributed by atoms with Crippen LogP contribution in [0.4, 0.5) is 10.8 Å². The Morgan fingerprint density at radius 1 is 1.18 bits per heavy atom. The van der Waals surface area contributed by atoms with Crippen molar-refractivity contribution < 1.29 is 23.8 Å². The topological polar surface area (TPSA) is 105 Å². The lowest BCUT2D eigenvalue weighted by Gasteiger charge is -2.37. The maximum absolute atomic E-state index is 13.1. The second kappa shape index (κ2) is 12.5. The molecule has 1 aliphatic carbocycles. The molecule has 3 heterocycles. The minimum absolute atomic E-state index is 0.186. The molecule has 1 aromatic carbocycles. The number of morpholine rings is 1. The van der Waals surface area contributed by atoms with Gasteiger partial charge in [-0.15, -0.1) is 11.3 Å². The number of hydrogen-bond donors (Lipinski definition) is 2. The highest BCUT2D eigenvalue weighted by Gasteiger charge is 2.36. The first-order chi connectivity index (χ1) is 18.6. The molecule has 3 aliphatic rings. The molecule has 1 saturated carbocycles. The van der Waals surface area contributed by atoms with E-state index < -0.39 is 0 Å². The van der Waals surface area contributed by atoms with E-state index in [4.69, 9.17) is 14.2 Å². The summed E-state index contributed by atoms with van der Waals surface area (Å²) >= 11 is 1.44. The van der Waals surface area contributed by atoms with Crippen LogP contribution in [0.5, 0.6) is 0 Å². The molecule has 0 unspecified atom stereocenters. The minimum Gasteiger partial charge on any atom is -0.383 e. The van der Waals surface area contributed by atoms with Crippen molar-refractivity contribution in [1.82, 2.24) is 15.2 Å². The van der Waals surface area contributed by atoms with Gasteiger partial charge in [0.2, 0.25) is 0 Å². The van der Waals surface area contributed by atoms with Gasteiger partial charge in [0, 0.05) is 58.4 Å². The van der Waals surface area contributed by atoms with Gasteiger partial charge in [-0.3, -0.25) is 14.5 Å². The predicted octanol–water partition coefficient (Wildman–Crippen LogP) is 2.75. The van der Waals surface area contributed by atoms with Crippen LogP contribution < -0.4 is 15.5 Å². The summed E-state index contributed by atoms with van der Waals surface area (Å²) in [5.41, 5.74) is 2.26.